The Balaban J connectivity index is 2.70. The molecule has 1 aromatic rings. The lowest BCUT2D eigenvalue weighted by Crippen LogP contribution is -2.34. The van der Waals surface area contributed by atoms with Crippen molar-refractivity contribution in [1.82, 2.24) is 4.90 Å². The second-order valence-electron chi connectivity index (χ2n) is 4.69. The van der Waals surface area contributed by atoms with Gasteiger partial charge in [0.05, 0.1) is 6.54 Å². The van der Waals surface area contributed by atoms with Crippen LogP contribution in [0.25, 0.3) is 0 Å². The van der Waals surface area contributed by atoms with Gasteiger partial charge in [0.15, 0.2) is 0 Å². The van der Waals surface area contributed by atoms with Crippen LogP contribution in [0.1, 0.15) is 26.3 Å². The fourth-order valence-electron chi connectivity index (χ4n) is 1.76. The van der Waals surface area contributed by atoms with E-state index >= 15 is 0 Å². The fourth-order valence-corrected chi connectivity index (χ4v) is 1.76. The molecular formula is C14H21N3O2. The topological polar surface area (TPSA) is 75.4 Å². The van der Waals surface area contributed by atoms with Crippen molar-refractivity contribution in [2.45, 2.75) is 33.4 Å². The first-order valence-electron chi connectivity index (χ1n) is 6.30. The van der Waals surface area contributed by atoms with Gasteiger partial charge in [0.25, 0.3) is 0 Å². The molecule has 0 atom stereocenters. The van der Waals surface area contributed by atoms with Gasteiger partial charge in [-0.2, -0.15) is 0 Å². The molecule has 5 nitrogen and oxygen atoms in total. The summed E-state index contributed by atoms with van der Waals surface area (Å²) in [7, 11) is 0. The first-order valence-corrected chi connectivity index (χ1v) is 6.30. The number of carbonyl (C=O) groups is 2. The summed E-state index contributed by atoms with van der Waals surface area (Å²) in [6.07, 6.45) is 0. The van der Waals surface area contributed by atoms with Gasteiger partial charge in [0.1, 0.15) is 0 Å². The van der Waals surface area contributed by atoms with Gasteiger partial charge in [0, 0.05) is 25.2 Å². The maximum Gasteiger partial charge on any atom is 0.238 e. The zero-order chi connectivity index (χ0) is 14.4. The van der Waals surface area contributed by atoms with Crippen molar-refractivity contribution in [3.8, 4) is 0 Å². The molecule has 5 heteroatoms. The third kappa shape index (κ3) is 4.71. The maximum atomic E-state index is 11.5. The largest absolute Gasteiger partial charge is 0.336 e. The Morgan fingerprint density at radius 2 is 1.84 bits per heavy atom. The third-order valence-corrected chi connectivity index (χ3v) is 2.80. The number of nitrogens with zero attached hydrogens (tertiary/aromatic N) is 1. The zero-order valence-corrected chi connectivity index (χ0v) is 11.6. The lowest BCUT2D eigenvalue weighted by Gasteiger charge is -2.25. The van der Waals surface area contributed by atoms with Crippen molar-refractivity contribution in [2.75, 3.05) is 11.9 Å². The van der Waals surface area contributed by atoms with Crippen molar-refractivity contribution < 1.29 is 9.59 Å². The Labute approximate surface area is 113 Å². The number of nitrogens with two attached hydrogens (primary N) is 1. The summed E-state index contributed by atoms with van der Waals surface area (Å²) in [5.74, 6) is -0.171. The summed E-state index contributed by atoms with van der Waals surface area (Å²) < 4.78 is 0. The number of hydrogen-bond donors (Lipinski definition) is 2. The Bertz CT molecular complexity index is 441. The molecule has 0 saturated carbocycles. The van der Waals surface area contributed by atoms with Crippen LogP contribution in [0.5, 0.6) is 0 Å². The Morgan fingerprint density at radius 1 is 1.26 bits per heavy atom. The maximum absolute atomic E-state index is 11.5. The van der Waals surface area contributed by atoms with Crippen LogP contribution in [0.4, 0.5) is 5.69 Å². The summed E-state index contributed by atoms with van der Waals surface area (Å²) in [6, 6.07) is 7.56. The van der Waals surface area contributed by atoms with Crippen LogP contribution in [0.15, 0.2) is 24.3 Å². The molecule has 0 heterocycles. The highest BCUT2D eigenvalue weighted by atomic mass is 16.2. The van der Waals surface area contributed by atoms with Crippen molar-refractivity contribution in [2.24, 2.45) is 5.73 Å². The van der Waals surface area contributed by atoms with Gasteiger partial charge in [-0.25, -0.2) is 0 Å². The summed E-state index contributed by atoms with van der Waals surface area (Å²) in [5, 5.41) is 2.67. The highest BCUT2D eigenvalue weighted by Gasteiger charge is 2.12. The van der Waals surface area contributed by atoms with Crippen LogP contribution < -0.4 is 11.1 Å². The van der Waals surface area contributed by atoms with Gasteiger partial charge in [-0.3, -0.25) is 9.59 Å². The lowest BCUT2D eigenvalue weighted by atomic mass is 10.1. The predicted molar refractivity (Wildman–Crippen MR) is 75.5 cm³/mol. The van der Waals surface area contributed by atoms with Crippen LogP contribution in [-0.2, 0) is 16.1 Å². The van der Waals surface area contributed by atoms with Crippen LogP contribution in [0, 0.1) is 0 Å². The fraction of sp³-hybridized carbons (Fsp3) is 0.429. The summed E-state index contributed by atoms with van der Waals surface area (Å²) in [6.45, 7) is 6.07. The molecule has 0 saturated heterocycles. The Kier molecular flexibility index (Phi) is 5.51. The van der Waals surface area contributed by atoms with E-state index < -0.39 is 0 Å². The second kappa shape index (κ2) is 6.89. The minimum Gasteiger partial charge on any atom is -0.336 e. The van der Waals surface area contributed by atoms with E-state index in [2.05, 4.69) is 5.32 Å². The number of benzene rings is 1. The Morgan fingerprint density at radius 3 is 2.26 bits per heavy atom. The van der Waals surface area contributed by atoms with Gasteiger partial charge >= 0.3 is 0 Å². The normalized spacial score (nSPS) is 10.4. The van der Waals surface area contributed by atoms with Gasteiger partial charge in [-0.05, 0) is 31.5 Å². The molecule has 0 unspecified atom stereocenters. The van der Waals surface area contributed by atoms with E-state index in [9.17, 15) is 9.59 Å². The number of carbonyl (C=O) groups excluding carboxylic acids is 2. The minimum absolute atomic E-state index is 0.0345. The first kappa shape index (κ1) is 15.2. The van der Waals surface area contributed by atoms with Crippen LogP contribution in [0.2, 0.25) is 0 Å². The molecule has 0 bridgehead atoms. The highest BCUT2D eigenvalue weighted by molar-refractivity contribution is 5.92. The van der Waals surface area contributed by atoms with E-state index in [0.29, 0.717) is 12.2 Å². The number of hydrogen-bond acceptors (Lipinski definition) is 3. The molecule has 0 aliphatic rings. The minimum atomic E-state index is -0.222. The van der Waals surface area contributed by atoms with E-state index in [4.69, 9.17) is 5.73 Å². The summed E-state index contributed by atoms with van der Waals surface area (Å²) in [4.78, 5) is 24.4. The van der Waals surface area contributed by atoms with Crippen molar-refractivity contribution in [3.63, 3.8) is 0 Å². The van der Waals surface area contributed by atoms with Crippen LogP contribution >= 0.6 is 0 Å². The highest BCUT2D eigenvalue weighted by Crippen LogP contribution is 2.13. The molecule has 104 valence electrons. The van der Waals surface area contributed by atoms with E-state index in [1.807, 2.05) is 38.1 Å². The van der Waals surface area contributed by atoms with Gasteiger partial charge < -0.3 is 16.0 Å². The van der Waals surface area contributed by atoms with E-state index in [-0.39, 0.29) is 24.4 Å². The van der Waals surface area contributed by atoms with Crippen molar-refractivity contribution in [3.05, 3.63) is 29.8 Å². The summed E-state index contributed by atoms with van der Waals surface area (Å²) >= 11 is 0. The van der Waals surface area contributed by atoms with E-state index in [1.165, 1.54) is 0 Å². The quantitative estimate of drug-likeness (QED) is 0.841. The molecule has 0 aliphatic carbocycles. The van der Waals surface area contributed by atoms with Gasteiger partial charge in [-0.1, -0.05) is 12.1 Å². The molecular weight excluding hydrogens is 242 g/mol. The van der Waals surface area contributed by atoms with E-state index in [0.717, 1.165) is 5.56 Å². The van der Waals surface area contributed by atoms with Gasteiger partial charge in [-0.15, -0.1) is 0 Å². The molecule has 0 radical (unpaired) electrons. The number of rotatable bonds is 5. The monoisotopic (exact) mass is 263 g/mol. The first-order chi connectivity index (χ1) is 8.93. The zero-order valence-electron chi connectivity index (χ0n) is 11.6. The Hall–Kier alpha value is -1.88. The van der Waals surface area contributed by atoms with Crippen LogP contribution in [0.3, 0.4) is 0 Å². The molecule has 0 aliphatic heterocycles. The molecule has 2 amide bonds. The predicted octanol–water partition coefficient (Wildman–Crippen LogP) is 1.34. The van der Waals surface area contributed by atoms with Crippen LogP contribution in [-0.4, -0.2) is 29.3 Å². The van der Waals surface area contributed by atoms with Crippen molar-refractivity contribution >= 4 is 17.5 Å². The average molecular weight is 263 g/mol. The smallest absolute Gasteiger partial charge is 0.238 e. The average Bonchev–Trinajstić information content (AvgIpc) is 2.36. The van der Waals surface area contributed by atoms with Crippen molar-refractivity contribution in [1.29, 1.82) is 0 Å². The molecule has 0 spiro atoms. The summed E-state index contributed by atoms with van der Waals surface area (Å²) in [5.41, 5.74) is 6.96. The molecule has 0 aromatic heterocycles. The second-order valence-corrected chi connectivity index (χ2v) is 4.69. The number of nitrogens with one attached hydrogen (secondary N) is 1. The van der Waals surface area contributed by atoms with Gasteiger partial charge in [0.2, 0.25) is 11.8 Å². The third-order valence-electron chi connectivity index (χ3n) is 2.80. The molecule has 1 aromatic carbocycles. The SMILES string of the molecule is CC(=O)N(Cc1ccc(NC(=O)CN)cc1)C(C)C. The lowest BCUT2D eigenvalue weighted by molar-refractivity contribution is -0.131. The molecule has 3 N–H and O–H groups in total. The standard InChI is InChI=1S/C14H21N3O2/c1-10(2)17(11(3)18)9-12-4-6-13(7-5-12)16-14(19)8-15/h4-7,10H,8-9,15H2,1-3H3,(H,16,19). The number of amides is 2. The molecule has 0 fully saturated rings. The molecule has 19 heavy (non-hydrogen) atoms. The number of anilines is 1. The van der Waals surface area contributed by atoms with E-state index in [1.54, 1.807) is 11.8 Å². The molecule has 1 rings (SSSR count).